The van der Waals surface area contributed by atoms with Gasteiger partial charge in [0, 0.05) is 18.0 Å². The molecule has 7 heteroatoms. The first-order valence-electron chi connectivity index (χ1n) is 8.34. The molecule has 0 saturated heterocycles. The minimum atomic E-state index is -0.680. The molecule has 26 heavy (non-hydrogen) atoms. The molecule has 0 radical (unpaired) electrons. The van der Waals surface area contributed by atoms with Gasteiger partial charge in [0.25, 0.3) is 5.91 Å². The molecule has 0 fully saturated rings. The fraction of sp³-hybridized carbons (Fsp3) is 0.316. The van der Waals surface area contributed by atoms with Gasteiger partial charge in [0.1, 0.15) is 11.5 Å². The van der Waals surface area contributed by atoms with Crippen molar-refractivity contribution in [2.45, 2.75) is 32.7 Å². The van der Waals surface area contributed by atoms with Gasteiger partial charge in [0.05, 0.1) is 6.42 Å². The Morgan fingerprint density at radius 3 is 2.50 bits per heavy atom. The molecule has 2 N–H and O–H groups in total. The lowest BCUT2D eigenvalue weighted by atomic mass is 10.2. The SMILES string of the molecule is CC(C)NC(=O)NC(=O)COC(=O)CCc1ccc(-c2ccccc2)o1. The van der Waals surface area contributed by atoms with Crippen molar-refractivity contribution in [1.29, 1.82) is 0 Å². The summed E-state index contributed by atoms with van der Waals surface area (Å²) >= 11 is 0. The summed E-state index contributed by atoms with van der Waals surface area (Å²) in [6.07, 6.45) is 0.439. The fourth-order valence-electron chi connectivity index (χ4n) is 2.17. The van der Waals surface area contributed by atoms with Gasteiger partial charge in [-0.2, -0.15) is 0 Å². The molecule has 3 amide bonds. The van der Waals surface area contributed by atoms with Crippen LogP contribution < -0.4 is 10.6 Å². The van der Waals surface area contributed by atoms with Crippen molar-refractivity contribution in [1.82, 2.24) is 10.6 Å². The van der Waals surface area contributed by atoms with E-state index in [1.54, 1.807) is 19.9 Å². The average molecular weight is 358 g/mol. The minimum absolute atomic E-state index is 0.0766. The third-order valence-corrected chi connectivity index (χ3v) is 3.33. The molecule has 0 spiro atoms. The maximum absolute atomic E-state index is 11.7. The Kier molecular flexibility index (Phi) is 6.96. The van der Waals surface area contributed by atoms with Gasteiger partial charge in [0.2, 0.25) is 0 Å². The fourth-order valence-corrected chi connectivity index (χ4v) is 2.17. The number of hydrogen-bond donors (Lipinski definition) is 2. The van der Waals surface area contributed by atoms with Crippen molar-refractivity contribution >= 4 is 17.9 Å². The Hall–Kier alpha value is -3.09. The number of imide groups is 1. The van der Waals surface area contributed by atoms with E-state index in [-0.39, 0.29) is 12.5 Å². The lowest BCUT2D eigenvalue weighted by Gasteiger charge is -2.09. The second kappa shape index (κ2) is 9.41. The van der Waals surface area contributed by atoms with Gasteiger partial charge in [-0.1, -0.05) is 30.3 Å². The first kappa shape index (κ1) is 19.2. The van der Waals surface area contributed by atoms with E-state index in [1.807, 2.05) is 36.4 Å². The first-order chi connectivity index (χ1) is 12.4. The molecule has 1 aromatic heterocycles. The standard InChI is InChI=1S/C19H22N2O5/c1-13(2)20-19(24)21-17(22)12-25-18(23)11-9-15-8-10-16(26-15)14-6-4-3-5-7-14/h3-8,10,13H,9,11-12H2,1-2H3,(H2,20,21,22,24). The van der Waals surface area contributed by atoms with Crippen molar-refractivity contribution in [2.75, 3.05) is 6.61 Å². The highest BCUT2D eigenvalue weighted by Gasteiger charge is 2.12. The van der Waals surface area contributed by atoms with Gasteiger partial charge in [-0.05, 0) is 26.0 Å². The number of urea groups is 1. The molecule has 138 valence electrons. The smallest absolute Gasteiger partial charge is 0.321 e. The van der Waals surface area contributed by atoms with E-state index < -0.39 is 24.5 Å². The summed E-state index contributed by atoms with van der Waals surface area (Å²) < 4.78 is 10.5. The lowest BCUT2D eigenvalue weighted by Crippen LogP contribution is -2.44. The Morgan fingerprint density at radius 2 is 1.81 bits per heavy atom. The summed E-state index contributed by atoms with van der Waals surface area (Å²) in [5.74, 6) is 0.161. The van der Waals surface area contributed by atoms with Crippen molar-refractivity contribution in [3.05, 3.63) is 48.2 Å². The van der Waals surface area contributed by atoms with E-state index in [1.165, 1.54) is 0 Å². The molecule has 2 rings (SSSR count). The summed E-state index contributed by atoms with van der Waals surface area (Å²) in [7, 11) is 0. The zero-order valence-electron chi connectivity index (χ0n) is 14.8. The van der Waals surface area contributed by atoms with Crippen molar-refractivity contribution < 1.29 is 23.5 Å². The lowest BCUT2D eigenvalue weighted by molar-refractivity contribution is -0.148. The number of carbonyl (C=O) groups is 3. The molecule has 1 heterocycles. The average Bonchev–Trinajstić information content (AvgIpc) is 3.07. The second-order valence-corrected chi connectivity index (χ2v) is 5.97. The number of amides is 3. The van der Waals surface area contributed by atoms with Crippen molar-refractivity contribution in [3.63, 3.8) is 0 Å². The monoisotopic (exact) mass is 358 g/mol. The van der Waals surface area contributed by atoms with E-state index in [0.717, 1.165) is 11.3 Å². The molecular formula is C19H22N2O5. The Labute approximate surface area is 151 Å². The van der Waals surface area contributed by atoms with Crippen LogP contribution in [0.15, 0.2) is 46.9 Å². The van der Waals surface area contributed by atoms with Crippen LogP contribution in [0.3, 0.4) is 0 Å². The molecule has 0 aliphatic rings. The number of esters is 1. The van der Waals surface area contributed by atoms with Crippen LogP contribution in [-0.2, 0) is 20.7 Å². The predicted molar refractivity (Wildman–Crippen MR) is 95.2 cm³/mol. The molecule has 0 saturated carbocycles. The van der Waals surface area contributed by atoms with Gasteiger partial charge < -0.3 is 14.5 Å². The molecule has 0 aliphatic heterocycles. The topological polar surface area (TPSA) is 97.6 Å². The number of hydrogen-bond acceptors (Lipinski definition) is 5. The summed E-state index contributed by atoms with van der Waals surface area (Å²) in [6, 6.07) is 12.6. The van der Waals surface area contributed by atoms with Gasteiger partial charge >= 0.3 is 12.0 Å². The number of rotatable bonds is 7. The molecule has 0 atom stereocenters. The van der Waals surface area contributed by atoms with Crippen LogP contribution in [0.5, 0.6) is 0 Å². The number of benzene rings is 1. The largest absolute Gasteiger partial charge is 0.461 e. The van der Waals surface area contributed by atoms with E-state index in [9.17, 15) is 14.4 Å². The molecular weight excluding hydrogens is 336 g/mol. The van der Waals surface area contributed by atoms with E-state index >= 15 is 0 Å². The second-order valence-electron chi connectivity index (χ2n) is 5.97. The van der Waals surface area contributed by atoms with Gasteiger partial charge in [-0.15, -0.1) is 0 Å². The van der Waals surface area contributed by atoms with Crippen LogP contribution in [0, 0.1) is 0 Å². The summed E-state index contributed by atoms with van der Waals surface area (Å²) in [4.78, 5) is 34.6. The number of ether oxygens (including phenoxy) is 1. The first-order valence-corrected chi connectivity index (χ1v) is 8.34. The number of nitrogens with one attached hydrogen (secondary N) is 2. The number of aryl methyl sites for hydroxylation is 1. The highest BCUT2D eigenvalue weighted by atomic mass is 16.5. The van der Waals surface area contributed by atoms with Crippen LogP contribution in [-0.4, -0.2) is 30.6 Å². The predicted octanol–water partition coefficient (Wildman–Crippen LogP) is 2.66. The molecule has 7 nitrogen and oxygen atoms in total. The Bertz CT molecular complexity index is 752. The van der Waals surface area contributed by atoms with Gasteiger partial charge in [-0.25, -0.2) is 4.79 Å². The van der Waals surface area contributed by atoms with E-state index in [0.29, 0.717) is 12.2 Å². The highest BCUT2D eigenvalue weighted by Crippen LogP contribution is 2.22. The van der Waals surface area contributed by atoms with Crippen LogP contribution >= 0.6 is 0 Å². The van der Waals surface area contributed by atoms with Crippen molar-refractivity contribution in [3.8, 4) is 11.3 Å². The molecule has 1 aromatic carbocycles. The summed E-state index contributed by atoms with van der Waals surface area (Å²) in [5.41, 5.74) is 0.956. The zero-order chi connectivity index (χ0) is 18.9. The van der Waals surface area contributed by atoms with Crippen LogP contribution in [0.25, 0.3) is 11.3 Å². The minimum Gasteiger partial charge on any atom is -0.461 e. The maximum Gasteiger partial charge on any atom is 0.321 e. The number of furan rings is 1. The van der Waals surface area contributed by atoms with Crippen LogP contribution in [0.4, 0.5) is 4.79 Å². The van der Waals surface area contributed by atoms with Crippen LogP contribution in [0.2, 0.25) is 0 Å². The summed E-state index contributed by atoms with van der Waals surface area (Å²) in [5, 5.41) is 4.58. The molecule has 0 aliphatic carbocycles. The molecule has 0 bridgehead atoms. The molecule has 2 aromatic rings. The molecule has 0 unspecified atom stereocenters. The summed E-state index contributed by atoms with van der Waals surface area (Å²) in [6.45, 7) is 3.03. The highest BCUT2D eigenvalue weighted by molar-refractivity contribution is 5.95. The number of carbonyl (C=O) groups excluding carboxylic acids is 3. The third kappa shape index (κ3) is 6.43. The van der Waals surface area contributed by atoms with Crippen molar-refractivity contribution in [2.24, 2.45) is 0 Å². The maximum atomic E-state index is 11.7. The van der Waals surface area contributed by atoms with Crippen LogP contribution in [0.1, 0.15) is 26.0 Å². The van der Waals surface area contributed by atoms with E-state index in [2.05, 4.69) is 10.6 Å². The van der Waals surface area contributed by atoms with Gasteiger partial charge in [0.15, 0.2) is 6.61 Å². The Morgan fingerprint density at radius 1 is 1.08 bits per heavy atom. The Balaban J connectivity index is 1.71. The normalized spacial score (nSPS) is 10.4. The quantitative estimate of drug-likeness (QED) is 0.742. The van der Waals surface area contributed by atoms with Gasteiger partial charge in [-0.3, -0.25) is 14.9 Å². The van der Waals surface area contributed by atoms with E-state index in [4.69, 9.17) is 9.15 Å². The third-order valence-electron chi connectivity index (χ3n) is 3.33. The zero-order valence-corrected chi connectivity index (χ0v) is 14.8.